The summed E-state index contributed by atoms with van der Waals surface area (Å²) in [5, 5.41) is 62.4. The summed E-state index contributed by atoms with van der Waals surface area (Å²) < 4.78 is 0. The van der Waals surface area contributed by atoms with Crippen LogP contribution >= 0.6 is 0 Å². The van der Waals surface area contributed by atoms with Gasteiger partial charge in [0, 0.05) is 93.5 Å². The molecule has 3 aliphatic heterocycles. The summed E-state index contributed by atoms with van der Waals surface area (Å²) in [6.07, 6.45) is 13.6. The molecule has 3 aromatic rings. The first kappa shape index (κ1) is 101. The monoisotopic (exact) mass is 1720 g/mol. The molecule has 3 aliphatic rings. The number of hydrogen-bond donors (Lipinski definition) is 19. The Balaban J connectivity index is 1.20. The quantitative estimate of drug-likeness (QED) is 0.0211. The Hall–Kier alpha value is -11.2. The van der Waals surface area contributed by atoms with Crippen molar-refractivity contribution in [2.45, 2.75) is 318 Å². The predicted octanol–water partition coefficient (Wildman–Crippen LogP) is 0.788. The number of carbonyl (C=O) groups is 15. The molecule has 23 N–H and O–H groups in total. The molecule has 1 aromatic heterocycles. The van der Waals surface area contributed by atoms with Crippen LogP contribution in [-0.4, -0.2) is 230 Å². The molecule has 0 aliphatic carbocycles. The number of H-pyrrole nitrogens is 1. The average molecular weight is 1720 g/mol. The molecule has 6 rings (SSSR count). The van der Waals surface area contributed by atoms with Crippen molar-refractivity contribution in [3.63, 3.8) is 0 Å². The van der Waals surface area contributed by atoms with E-state index < -0.39 is 199 Å². The largest absolute Gasteiger partial charge is 0.391 e. The number of aliphatic imine (C=N–C) groups is 2. The highest BCUT2D eigenvalue weighted by molar-refractivity contribution is 6.01. The second-order valence-electron chi connectivity index (χ2n) is 32.2. The lowest BCUT2D eigenvalue weighted by Crippen LogP contribution is -2.62. The van der Waals surface area contributed by atoms with Gasteiger partial charge < -0.3 is 107 Å². The third-order valence-electron chi connectivity index (χ3n) is 21.9. The maximum Gasteiger partial charge on any atom is 0.245 e. The first-order valence-corrected chi connectivity index (χ1v) is 43.5. The molecule has 14 atom stereocenters. The number of aliphatic hydroxyl groups excluding tert-OH is 3. The molecule has 0 bridgehead atoms. The first-order chi connectivity index (χ1) is 58.8. The van der Waals surface area contributed by atoms with E-state index >= 15 is 14.4 Å². The molecule has 2 fully saturated rings. The Morgan fingerprint density at radius 1 is 0.593 bits per heavy atom. The van der Waals surface area contributed by atoms with Gasteiger partial charge in [0.25, 0.3) is 0 Å². The number of rotatable bonds is 45. The number of aromatic nitrogens is 1. The second-order valence-corrected chi connectivity index (χ2v) is 32.2. The lowest BCUT2D eigenvalue weighted by molar-refractivity contribution is -0.143. The van der Waals surface area contributed by atoms with Crippen LogP contribution < -0.4 is 81.4 Å². The number of nitrogens with one attached hydrogen (secondary N) is 12. The number of benzene rings is 2. The van der Waals surface area contributed by atoms with Gasteiger partial charge in [-0.05, 0) is 76.0 Å². The van der Waals surface area contributed by atoms with E-state index in [1.165, 1.54) is 64.5 Å². The predicted molar refractivity (Wildman–Crippen MR) is 460 cm³/mol. The number of Topliss-reactive ketones (excluding diaryl/α,β-unsaturated/α-hetero) is 1. The number of nitrogens with two attached hydrogens (primary N) is 4. The number of fused-ring (bicyclic) bond motifs is 2. The van der Waals surface area contributed by atoms with E-state index in [4.69, 9.17) is 22.9 Å². The van der Waals surface area contributed by atoms with E-state index in [1.807, 2.05) is 18.2 Å². The third-order valence-corrected chi connectivity index (χ3v) is 21.9. The molecule has 0 saturated carbocycles. The van der Waals surface area contributed by atoms with Gasteiger partial charge in [-0.25, -0.2) is 0 Å². The van der Waals surface area contributed by atoms with E-state index in [2.05, 4.69) is 80.4 Å². The number of para-hydroxylation sites is 1. The number of aliphatic hydroxyl groups is 3. The van der Waals surface area contributed by atoms with Crippen molar-refractivity contribution in [2.75, 3.05) is 19.6 Å². The van der Waals surface area contributed by atoms with Gasteiger partial charge in [-0.15, -0.1) is 0 Å². The van der Waals surface area contributed by atoms with Crippen molar-refractivity contribution in [1.29, 1.82) is 0 Å². The van der Waals surface area contributed by atoms with E-state index in [-0.39, 0.29) is 108 Å². The van der Waals surface area contributed by atoms with Crippen LogP contribution in [0.1, 0.15) is 231 Å². The highest BCUT2D eigenvalue weighted by atomic mass is 16.3. The minimum Gasteiger partial charge on any atom is -0.391 e. The molecule has 1 unspecified atom stereocenters. The van der Waals surface area contributed by atoms with Crippen LogP contribution in [0, 0.1) is 0 Å². The molecular weight excluding hydrogens is 1590 g/mol. The molecule has 0 radical (unpaired) electrons. The molecule has 37 nitrogen and oxygen atoms in total. The van der Waals surface area contributed by atoms with Gasteiger partial charge in [0.15, 0.2) is 5.96 Å². The van der Waals surface area contributed by atoms with Crippen LogP contribution in [0.4, 0.5) is 0 Å². The first-order valence-electron chi connectivity index (χ1n) is 43.5. The zero-order valence-electron chi connectivity index (χ0n) is 71.4. The van der Waals surface area contributed by atoms with Gasteiger partial charge in [-0.3, -0.25) is 81.9 Å². The molecule has 123 heavy (non-hydrogen) atoms. The number of primary amides is 2. The van der Waals surface area contributed by atoms with Crippen LogP contribution in [0.5, 0.6) is 0 Å². The van der Waals surface area contributed by atoms with Crippen LogP contribution in [0.2, 0.25) is 0 Å². The molecule has 4 heterocycles. The van der Waals surface area contributed by atoms with Crippen molar-refractivity contribution < 1.29 is 87.2 Å². The van der Waals surface area contributed by atoms with Gasteiger partial charge in [0.05, 0.1) is 31.3 Å². The van der Waals surface area contributed by atoms with Crippen LogP contribution in [0.15, 0.2) is 82.6 Å². The molecule has 2 saturated heterocycles. The number of aromatic amines is 1. The van der Waals surface area contributed by atoms with E-state index in [1.54, 1.807) is 55.6 Å². The number of guanidine groups is 1. The standard InChI is InChI=1S/C86H131N19O18/c1-5-7-9-10-11-12-13-14-15-16-17-18-25-39-71(111)94-50-72(112)103-73(52(3)106)83(121)102-68(48-70(87)110)80(118)100-67(46-56-32-28-42-91-56)81(119)104-74(53(4)107)84(122)97-62(35-8-6-2)76(114)98-64-41-40-57(108)33-23-20-24-37-61(75(88)113)95-79(117)66(45-55-49-93-60-36-27-26-34-59(55)60)99-77(115)63(38-29-43-92-86(89)90)96-78(116)65(44-54-30-21-19-22-31-54)101-82(120)69-47-58(109)51-105(69)85(64)123/h19,21-22,26-27,30-32,34,36,42,49,52-53,58,61-69,73-74,93,106-107,109H,5-18,20,23-25,28-29,33,35,37-41,43-48,50-51H2,1-4H3,(H2,87,110)(H2,88,113)(H,94,111)(H,95,117)(H,96,116)(H,97,122)(H,98,114)(H,99,115)(H,100,118)(H,101,120)(H,102,121)(H,103,112)(H,104,119)(H4,89,90,92)/t52-,53-,58-,61+,62+,63+,64+,65-,66+,67+,68+,69+,73+,74?/m1/s1. The fraction of sp³-hybridized carbons (Fsp3) is 0.616. The smallest absolute Gasteiger partial charge is 0.245 e. The highest BCUT2D eigenvalue weighted by Gasteiger charge is 2.45. The minimum absolute atomic E-state index is 0.00416. The Bertz CT molecular complexity index is 4110. The second kappa shape index (κ2) is 53.6. The van der Waals surface area contributed by atoms with Crippen molar-refractivity contribution in [3.05, 3.63) is 83.7 Å². The van der Waals surface area contributed by atoms with Gasteiger partial charge in [0.1, 0.15) is 72.2 Å². The summed E-state index contributed by atoms with van der Waals surface area (Å²) in [5.41, 5.74) is 24.9. The Kier molecular flexibility index (Phi) is 43.9. The summed E-state index contributed by atoms with van der Waals surface area (Å²) >= 11 is 0. The van der Waals surface area contributed by atoms with Crippen LogP contribution in [0.3, 0.4) is 0 Å². The summed E-state index contributed by atoms with van der Waals surface area (Å²) in [6.45, 7) is 5.22. The van der Waals surface area contributed by atoms with Gasteiger partial charge in [-0.1, -0.05) is 171 Å². The van der Waals surface area contributed by atoms with Gasteiger partial charge in [-0.2, -0.15) is 0 Å². The molecule has 0 spiro atoms. The maximum atomic E-state index is 15.4. The topological polar surface area (TPSA) is 597 Å². The van der Waals surface area contributed by atoms with E-state index in [0.717, 1.165) is 48.4 Å². The summed E-state index contributed by atoms with van der Waals surface area (Å²) in [5.74, 6) is -14.1. The zero-order chi connectivity index (χ0) is 89.9. The Morgan fingerprint density at radius 3 is 1.81 bits per heavy atom. The number of amides is 14. The van der Waals surface area contributed by atoms with Crippen molar-refractivity contribution >= 4 is 112 Å². The number of ketones is 1. The van der Waals surface area contributed by atoms with Crippen molar-refractivity contribution in [3.8, 4) is 0 Å². The van der Waals surface area contributed by atoms with Crippen LogP contribution in [0.25, 0.3) is 10.9 Å². The number of unbranched alkanes of at least 4 members (excludes halogenated alkanes) is 13. The Morgan fingerprint density at radius 2 is 1.18 bits per heavy atom. The Labute approximate surface area is 718 Å². The molecular formula is C86H131N19O18. The summed E-state index contributed by atoms with van der Waals surface area (Å²) in [6, 6.07) is -2.00. The summed E-state index contributed by atoms with van der Waals surface area (Å²) in [7, 11) is 0. The van der Waals surface area contributed by atoms with Gasteiger partial charge in [0.2, 0.25) is 82.7 Å². The maximum absolute atomic E-state index is 15.4. The molecule has 2 aromatic carbocycles. The highest BCUT2D eigenvalue weighted by Crippen LogP contribution is 2.25. The minimum atomic E-state index is -1.92. The molecule has 14 amide bonds. The number of carbonyl (C=O) groups excluding carboxylic acids is 15. The fourth-order valence-corrected chi connectivity index (χ4v) is 15.0. The van der Waals surface area contributed by atoms with Gasteiger partial charge >= 0.3 is 0 Å². The third kappa shape index (κ3) is 35.6. The SMILES string of the molecule is CCCCCCCCCCCCCCCC(=O)NCC(=O)N[C@H](C(=O)N[C@@H](CC(N)=O)C(=O)N[C@@H](CC1=CCC=N1)C(=O)NC(C(=O)N[C@@H](CCCC)C(=O)N[C@H]1CCC(=O)CCCCC[C@@H](C(N)=O)NC(=O)[C@H](Cc2c[nH]c3ccccc23)NC(=O)[C@H](CCCN=C(N)N)NC(=O)[C@@H](Cc2ccccc2)NC(=O)[C@@H]2C[C@@H](O)CN2C1=O)[C@@H](C)O)[C@@H](C)O. The average Bonchev–Trinajstić information content (AvgIpc) is 1.70. The number of hydrogen-bond acceptors (Lipinski definition) is 20. The van der Waals surface area contributed by atoms with Crippen LogP contribution in [-0.2, 0) is 84.8 Å². The molecule has 678 valence electrons. The molecule has 37 heteroatoms. The summed E-state index contributed by atoms with van der Waals surface area (Å²) in [4.78, 5) is 225. The van der Waals surface area contributed by atoms with Crippen molar-refractivity contribution in [2.24, 2.45) is 32.9 Å². The van der Waals surface area contributed by atoms with E-state index in [0.29, 0.717) is 36.8 Å². The lowest BCUT2D eigenvalue weighted by atomic mass is 10.00. The lowest BCUT2D eigenvalue weighted by Gasteiger charge is -2.31. The zero-order valence-corrected chi connectivity index (χ0v) is 71.4. The number of nitrogens with zero attached hydrogens (tertiary/aromatic N) is 3. The number of allylic oxidation sites excluding steroid dienone is 1. The fourth-order valence-electron chi connectivity index (χ4n) is 15.0. The van der Waals surface area contributed by atoms with Crippen molar-refractivity contribution in [1.82, 2.24) is 68.4 Å². The van der Waals surface area contributed by atoms with E-state index in [9.17, 15) is 72.9 Å². The normalized spacial score (nSPS) is 20.6.